The Hall–Kier alpha value is -0.340. The Morgan fingerprint density at radius 3 is 2.25 bits per heavy atom. The van der Waals surface area contributed by atoms with Gasteiger partial charge in [0, 0.05) is 20.4 Å². The first-order chi connectivity index (χ1) is 9.08. The van der Waals surface area contributed by atoms with Gasteiger partial charge in [-0.2, -0.15) is 4.40 Å². The molecule has 1 saturated heterocycles. The molecule has 0 N–H and O–H groups in total. The lowest BCUT2D eigenvalue weighted by Gasteiger charge is -2.48. The van der Waals surface area contributed by atoms with Crippen LogP contribution < -0.4 is 0 Å². The van der Waals surface area contributed by atoms with Crippen LogP contribution in [0, 0.1) is 0 Å². The third-order valence-electron chi connectivity index (χ3n) is 3.35. The number of nitrogens with zero attached hydrogens (tertiary/aromatic N) is 1. The fraction of sp³-hybridized carbons (Fsp3) is 0.923. The lowest BCUT2D eigenvalue weighted by atomic mass is 10.1. The second-order valence-corrected chi connectivity index (χ2v) is 7.82. The van der Waals surface area contributed by atoms with Gasteiger partial charge in [-0.3, -0.25) is 0 Å². The van der Waals surface area contributed by atoms with Crippen molar-refractivity contribution in [1.82, 2.24) is 0 Å². The molecule has 0 radical (unpaired) electrons. The summed E-state index contributed by atoms with van der Waals surface area (Å²) in [6.07, 6.45) is 1.07. The Balaban J connectivity index is 2.79. The molecule has 7 heteroatoms. The zero-order valence-electron chi connectivity index (χ0n) is 13.3. The molecule has 0 spiro atoms. The largest absolute Gasteiger partial charge is 0.349 e. The van der Waals surface area contributed by atoms with E-state index in [0.29, 0.717) is 0 Å². The number of hydrogen-bond donors (Lipinski definition) is 0. The van der Waals surface area contributed by atoms with Crippen molar-refractivity contribution < 1.29 is 23.2 Å². The summed E-state index contributed by atoms with van der Waals surface area (Å²) in [5.41, 5.74) is 0. The smallest absolute Gasteiger partial charge is 0.220 e. The summed E-state index contributed by atoms with van der Waals surface area (Å²) < 4.78 is 37.8. The second kappa shape index (κ2) is 6.19. The Labute approximate surface area is 123 Å². The van der Waals surface area contributed by atoms with Gasteiger partial charge in [0.1, 0.15) is 17.1 Å². The van der Waals surface area contributed by atoms with E-state index in [-0.39, 0.29) is 6.61 Å². The van der Waals surface area contributed by atoms with Crippen LogP contribution in [0.15, 0.2) is 4.40 Å². The molecule has 1 rings (SSSR count). The number of rotatable bonds is 4. The maximum atomic E-state index is 11.9. The normalized spacial score (nSPS) is 37.2. The van der Waals surface area contributed by atoms with E-state index in [9.17, 15) is 4.21 Å². The molecule has 0 saturated carbocycles. The van der Waals surface area contributed by atoms with Crippen LogP contribution in [0.2, 0.25) is 0 Å². The lowest BCUT2D eigenvalue weighted by molar-refractivity contribution is -0.423. The highest BCUT2D eigenvalue weighted by Gasteiger charge is 2.53. The summed E-state index contributed by atoms with van der Waals surface area (Å²) in [7, 11) is 1.73. The molecule has 1 aliphatic heterocycles. The maximum absolute atomic E-state index is 11.9. The van der Waals surface area contributed by atoms with E-state index in [0.717, 1.165) is 0 Å². The van der Waals surface area contributed by atoms with E-state index in [2.05, 4.69) is 4.40 Å². The van der Waals surface area contributed by atoms with Gasteiger partial charge in [-0.05, 0) is 34.6 Å². The van der Waals surface area contributed by atoms with Crippen LogP contribution in [0.4, 0.5) is 0 Å². The van der Waals surface area contributed by atoms with Gasteiger partial charge in [0.2, 0.25) is 11.6 Å². The summed E-state index contributed by atoms with van der Waals surface area (Å²) in [5.74, 6) is -2.07. The third kappa shape index (κ3) is 3.65. The monoisotopic (exact) mass is 307 g/mol. The highest BCUT2D eigenvalue weighted by Crippen LogP contribution is 2.36. The van der Waals surface area contributed by atoms with Gasteiger partial charge in [-0.15, -0.1) is 0 Å². The van der Waals surface area contributed by atoms with Gasteiger partial charge in [-0.1, -0.05) is 0 Å². The standard InChI is InChI=1S/C13H25NO5S/c1-11(2,3)20(15)14-8-10-9-18-12(4,16-6)13(5,17-7)19-10/h8,10H,9H2,1-7H3/b14-8+/t10-,12-,13-,20?/m0/s1. The molecule has 4 atom stereocenters. The molecule has 0 aromatic carbocycles. The molecule has 1 fully saturated rings. The minimum atomic E-state index is -1.32. The molecule has 1 aliphatic rings. The van der Waals surface area contributed by atoms with E-state index in [1.165, 1.54) is 20.4 Å². The van der Waals surface area contributed by atoms with Gasteiger partial charge >= 0.3 is 0 Å². The molecule has 0 aromatic heterocycles. The first-order valence-electron chi connectivity index (χ1n) is 6.46. The molecular formula is C13H25NO5S. The van der Waals surface area contributed by atoms with E-state index >= 15 is 0 Å². The van der Waals surface area contributed by atoms with Crippen molar-refractivity contribution in [3.8, 4) is 0 Å². The van der Waals surface area contributed by atoms with Gasteiger partial charge in [0.05, 0.1) is 11.4 Å². The van der Waals surface area contributed by atoms with E-state index in [1.807, 2.05) is 20.8 Å². The molecular weight excluding hydrogens is 282 g/mol. The predicted molar refractivity (Wildman–Crippen MR) is 78.0 cm³/mol. The SMILES string of the molecule is CO[C@@]1(C)OC[C@H](/C=N/S(=O)C(C)(C)C)O[C@]1(C)OC. The summed E-state index contributed by atoms with van der Waals surface area (Å²) in [6, 6.07) is 0. The van der Waals surface area contributed by atoms with Crippen molar-refractivity contribution in [3.05, 3.63) is 0 Å². The highest BCUT2D eigenvalue weighted by atomic mass is 32.2. The fourth-order valence-electron chi connectivity index (χ4n) is 1.63. The average molecular weight is 307 g/mol. The Bertz CT molecular complexity index is 395. The predicted octanol–water partition coefficient (Wildman–Crippen LogP) is 1.66. The average Bonchev–Trinajstić information content (AvgIpc) is 2.38. The van der Waals surface area contributed by atoms with E-state index < -0.39 is 33.4 Å². The molecule has 0 bridgehead atoms. The Morgan fingerprint density at radius 1 is 1.25 bits per heavy atom. The molecule has 1 unspecified atom stereocenters. The second-order valence-electron chi connectivity index (χ2n) is 5.88. The van der Waals surface area contributed by atoms with Crippen molar-refractivity contribution in [2.45, 2.75) is 57.0 Å². The van der Waals surface area contributed by atoms with Crippen LogP contribution in [0.3, 0.4) is 0 Å². The van der Waals surface area contributed by atoms with Crippen LogP contribution in [-0.2, 0) is 29.9 Å². The number of methoxy groups -OCH3 is 2. The quantitative estimate of drug-likeness (QED) is 0.739. The molecule has 118 valence electrons. The van der Waals surface area contributed by atoms with Crippen LogP contribution in [0.5, 0.6) is 0 Å². The van der Waals surface area contributed by atoms with Crippen LogP contribution >= 0.6 is 0 Å². The van der Waals surface area contributed by atoms with Crippen molar-refractivity contribution in [2.75, 3.05) is 20.8 Å². The summed E-state index contributed by atoms with van der Waals surface area (Å²) in [6.45, 7) is 9.32. The molecule has 0 amide bonds. The van der Waals surface area contributed by atoms with Crippen molar-refractivity contribution in [3.63, 3.8) is 0 Å². The van der Waals surface area contributed by atoms with Crippen molar-refractivity contribution in [2.24, 2.45) is 4.40 Å². The number of hydrogen-bond acceptors (Lipinski definition) is 5. The first-order valence-corrected chi connectivity index (χ1v) is 7.57. The number of ether oxygens (including phenoxy) is 4. The summed E-state index contributed by atoms with van der Waals surface area (Å²) in [4.78, 5) is 0. The molecule has 6 nitrogen and oxygen atoms in total. The van der Waals surface area contributed by atoms with E-state index in [4.69, 9.17) is 18.9 Å². The van der Waals surface area contributed by atoms with Gasteiger partial charge < -0.3 is 18.9 Å². The molecule has 0 aromatic rings. The van der Waals surface area contributed by atoms with Gasteiger partial charge in [-0.25, -0.2) is 4.21 Å². The highest BCUT2D eigenvalue weighted by molar-refractivity contribution is 7.85. The fourth-order valence-corrected chi connectivity index (χ4v) is 2.20. The lowest BCUT2D eigenvalue weighted by Crippen LogP contribution is -2.62. The Morgan fingerprint density at radius 2 is 1.80 bits per heavy atom. The van der Waals surface area contributed by atoms with Gasteiger partial charge in [0.15, 0.2) is 0 Å². The first kappa shape index (κ1) is 17.7. The zero-order chi connectivity index (χ0) is 15.6. The van der Waals surface area contributed by atoms with Crippen LogP contribution in [-0.4, -0.2) is 53.7 Å². The molecule has 1 heterocycles. The van der Waals surface area contributed by atoms with E-state index in [1.54, 1.807) is 13.8 Å². The van der Waals surface area contributed by atoms with Crippen molar-refractivity contribution >= 4 is 17.2 Å². The molecule has 0 aliphatic carbocycles. The summed E-state index contributed by atoms with van der Waals surface area (Å²) >= 11 is 0. The minimum Gasteiger partial charge on any atom is -0.349 e. The Kier molecular flexibility index (Phi) is 5.48. The molecule has 20 heavy (non-hydrogen) atoms. The minimum absolute atomic E-state index is 0.258. The van der Waals surface area contributed by atoms with Gasteiger partial charge in [0.25, 0.3) is 0 Å². The summed E-state index contributed by atoms with van der Waals surface area (Å²) in [5, 5.41) is 0. The van der Waals surface area contributed by atoms with Crippen molar-refractivity contribution in [1.29, 1.82) is 0 Å². The van der Waals surface area contributed by atoms with Crippen LogP contribution in [0.1, 0.15) is 34.6 Å². The topological polar surface area (TPSA) is 66.4 Å². The zero-order valence-corrected chi connectivity index (χ0v) is 14.1. The van der Waals surface area contributed by atoms with Crippen LogP contribution in [0.25, 0.3) is 0 Å². The maximum Gasteiger partial charge on any atom is 0.220 e. The third-order valence-corrected chi connectivity index (χ3v) is 4.71.